The van der Waals surface area contributed by atoms with Crippen LogP contribution < -0.4 is 0 Å². The van der Waals surface area contributed by atoms with Gasteiger partial charge in [0.15, 0.2) is 6.10 Å². The van der Waals surface area contributed by atoms with Crippen LogP contribution in [0.3, 0.4) is 0 Å². The Morgan fingerprint density at radius 3 is 0.814 bits per heavy atom. The quantitative estimate of drug-likeness (QED) is 0.0211. The number of hydrogen-bond acceptors (Lipinski definition) is 7. The normalized spacial score (nSPS) is 12.6. The van der Waals surface area contributed by atoms with Gasteiger partial charge in [-0.15, -0.1) is 0 Å². The minimum absolute atomic E-state index is 0.173. The van der Waals surface area contributed by atoms with Crippen LogP contribution >= 0.6 is 0 Å². The van der Waals surface area contributed by atoms with Crippen molar-refractivity contribution < 1.29 is 42.9 Å². The number of carboxylic acid groups (broad SMARTS) is 1. The van der Waals surface area contributed by atoms with Gasteiger partial charge in [0.25, 0.3) is 6.29 Å². The number of unbranched alkanes of at least 4 members (excludes halogenated alkanes) is 64. The van der Waals surface area contributed by atoms with Crippen LogP contribution in [0.5, 0.6) is 0 Å². The molecule has 2 unspecified atom stereocenters. The van der Waals surface area contributed by atoms with E-state index in [4.69, 9.17) is 18.9 Å². The Kier molecular flexibility index (Phi) is 77.6. The summed E-state index contributed by atoms with van der Waals surface area (Å²) in [7, 11) is 6.01. The molecule has 0 radical (unpaired) electrons. The number of carbonyl (C=O) groups excluding carboxylic acids is 2. The van der Waals surface area contributed by atoms with Crippen LogP contribution in [0.2, 0.25) is 0 Å². The second-order valence-electron chi connectivity index (χ2n) is 31.2. The van der Waals surface area contributed by atoms with Gasteiger partial charge in [0.2, 0.25) is 0 Å². The number of likely N-dealkylation sites (N-methyl/N-ethyl adjacent to an activating group) is 1. The maximum absolute atomic E-state index is 13.0. The van der Waals surface area contributed by atoms with Gasteiger partial charge in [-0.25, -0.2) is 4.79 Å². The molecule has 2 atom stereocenters. The number of rotatable bonds is 83. The Morgan fingerprint density at radius 1 is 0.309 bits per heavy atom. The van der Waals surface area contributed by atoms with Gasteiger partial charge in [0.05, 0.1) is 34.4 Å². The largest absolute Gasteiger partial charge is 0.477 e. The Hall–Kier alpha value is -2.23. The molecule has 0 amide bonds. The topological polar surface area (TPSA) is 108 Å². The molecule has 0 aliphatic rings. The Labute approximate surface area is 605 Å². The van der Waals surface area contributed by atoms with Gasteiger partial charge >= 0.3 is 17.9 Å². The number of quaternary nitrogens is 1. The minimum atomic E-state index is -1.51. The van der Waals surface area contributed by atoms with Crippen molar-refractivity contribution in [2.24, 2.45) is 0 Å². The fourth-order valence-corrected chi connectivity index (χ4v) is 13.6. The molecule has 97 heavy (non-hydrogen) atoms. The first-order valence-corrected chi connectivity index (χ1v) is 43.5. The summed E-state index contributed by atoms with van der Waals surface area (Å²) in [5.74, 6) is -1.96. The molecule has 0 aromatic rings. The summed E-state index contributed by atoms with van der Waals surface area (Å²) in [5.41, 5.74) is 0. The van der Waals surface area contributed by atoms with Crippen LogP contribution in [-0.4, -0.2) is 87.4 Å². The highest BCUT2D eigenvalue weighted by Gasteiger charge is 2.25. The summed E-state index contributed by atoms with van der Waals surface area (Å²) < 4.78 is 23.1. The molecule has 0 rings (SSSR count). The van der Waals surface area contributed by atoms with Crippen LogP contribution in [0, 0.1) is 0 Å². The van der Waals surface area contributed by atoms with Gasteiger partial charge in [-0.3, -0.25) is 9.59 Å². The van der Waals surface area contributed by atoms with E-state index >= 15 is 0 Å². The van der Waals surface area contributed by atoms with Crippen LogP contribution in [0.25, 0.3) is 0 Å². The Bertz CT molecular complexity index is 1640. The second-order valence-corrected chi connectivity index (χ2v) is 31.2. The highest BCUT2D eigenvalue weighted by Crippen LogP contribution is 2.21. The van der Waals surface area contributed by atoms with Crippen LogP contribution in [0.15, 0.2) is 24.3 Å². The fourth-order valence-electron chi connectivity index (χ4n) is 13.6. The van der Waals surface area contributed by atoms with Crippen molar-refractivity contribution in [3.8, 4) is 0 Å². The molecule has 0 saturated heterocycles. The lowest BCUT2D eigenvalue weighted by Gasteiger charge is -2.25. The average molecular weight is 1370 g/mol. The first kappa shape index (κ1) is 94.8. The van der Waals surface area contributed by atoms with E-state index in [-0.39, 0.29) is 38.2 Å². The molecule has 0 saturated carbocycles. The first-order valence-electron chi connectivity index (χ1n) is 43.5. The van der Waals surface area contributed by atoms with Gasteiger partial charge in [-0.2, -0.15) is 0 Å². The van der Waals surface area contributed by atoms with E-state index < -0.39 is 18.4 Å². The molecule has 0 aromatic carbocycles. The van der Waals surface area contributed by atoms with E-state index in [1.54, 1.807) is 0 Å². The number of allylic oxidation sites excluding steroid dienone is 4. The minimum Gasteiger partial charge on any atom is -0.477 e. The lowest BCUT2D eigenvalue weighted by atomic mass is 10.0. The number of aliphatic carboxylic acids is 1. The summed E-state index contributed by atoms with van der Waals surface area (Å²) in [6, 6.07) is 0. The highest BCUT2D eigenvalue weighted by atomic mass is 16.7. The summed E-state index contributed by atoms with van der Waals surface area (Å²) in [5, 5.41) is 9.79. The highest BCUT2D eigenvalue weighted by molar-refractivity contribution is 5.71. The van der Waals surface area contributed by atoms with Crippen LogP contribution in [0.1, 0.15) is 463 Å². The van der Waals surface area contributed by atoms with Gasteiger partial charge in [0, 0.05) is 12.8 Å². The van der Waals surface area contributed by atoms with E-state index in [1.165, 1.54) is 392 Å². The van der Waals surface area contributed by atoms with Crippen molar-refractivity contribution in [3.63, 3.8) is 0 Å². The molecule has 0 spiro atoms. The molecule has 0 heterocycles. The van der Waals surface area contributed by atoms with Crippen LogP contribution in [-0.2, 0) is 33.3 Å². The SMILES string of the molecule is CCCCCCC/C=C\C/C=C\CCCCCCCCCCCCCCCCCCCCCCCCCCCCCC(=O)OC(COC(=O)CCCCCCCCCCCCCCCCCCCCCCCCCCCCCCCCCCC)COC(OCC[N+](C)(C)C)C(=O)O. The van der Waals surface area contributed by atoms with E-state index in [0.29, 0.717) is 17.4 Å². The predicted molar refractivity (Wildman–Crippen MR) is 420 cm³/mol. The summed E-state index contributed by atoms with van der Waals surface area (Å²) >= 11 is 0. The van der Waals surface area contributed by atoms with E-state index in [2.05, 4.69) is 38.2 Å². The number of carbonyl (C=O) groups is 3. The maximum atomic E-state index is 13.0. The molecule has 1 N–H and O–H groups in total. The van der Waals surface area contributed by atoms with Gasteiger partial charge in [-0.1, -0.05) is 430 Å². The zero-order valence-corrected chi connectivity index (χ0v) is 66.0. The predicted octanol–water partition coefficient (Wildman–Crippen LogP) is 28.1. The van der Waals surface area contributed by atoms with Crippen molar-refractivity contribution in [1.82, 2.24) is 0 Å². The van der Waals surface area contributed by atoms with E-state index in [9.17, 15) is 19.5 Å². The van der Waals surface area contributed by atoms with Crippen molar-refractivity contribution >= 4 is 17.9 Å². The zero-order valence-electron chi connectivity index (χ0n) is 66.0. The molecule has 574 valence electrons. The summed E-state index contributed by atoms with van der Waals surface area (Å²) in [6.07, 6.45) is 99.5. The molecule has 0 aliphatic carbocycles. The number of esters is 2. The van der Waals surface area contributed by atoms with E-state index in [1.807, 2.05) is 21.1 Å². The van der Waals surface area contributed by atoms with Crippen molar-refractivity contribution in [2.45, 2.75) is 476 Å². The molecule has 0 aromatic heterocycles. The zero-order chi connectivity index (χ0) is 70.4. The van der Waals surface area contributed by atoms with Crippen LogP contribution in [0.4, 0.5) is 0 Å². The number of carboxylic acids is 1. The molecule has 9 heteroatoms. The molecular weight excluding hydrogens is 1200 g/mol. The Balaban J connectivity index is 3.90. The second kappa shape index (κ2) is 79.5. The third-order valence-corrected chi connectivity index (χ3v) is 20.2. The lowest BCUT2D eigenvalue weighted by molar-refractivity contribution is -0.870. The van der Waals surface area contributed by atoms with Gasteiger partial charge < -0.3 is 28.5 Å². The monoisotopic (exact) mass is 1370 g/mol. The fraction of sp³-hybridized carbons (Fsp3) is 0.920. The van der Waals surface area contributed by atoms with Crippen molar-refractivity contribution in [3.05, 3.63) is 24.3 Å². The summed E-state index contributed by atoms with van der Waals surface area (Å²) in [6.45, 7) is 4.97. The first-order chi connectivity index (χ1) is 47.6. The molecule has 9 nitrogen and oxygen atoms in total. The molecule has 0 fully saturated rings. The molecular formula is C88H170NO8+. The standard InChI is InChI=1S/C88H169NO8/c1-6-8-10-12-14-16-18-20-22-24-26-28-30-32-34-36-38-40-41-42-43-44-45-47-49-51-53-55-57-59-61-63-65-67-69-71-73-75-77-79-86(91)97-84(83-96-88(87(92)93)94-81-80-89(3,4)5)82-95-85(90)78-76-74-72-70-68-66-64-62-60-58-56-54-52-50-48-46-39-37-35-33-31-29-27-25-23-21-19-17-15-13-11-9-7-2/h18,20,24,26,84,88H,6-17,19,21-23,25,27-83H2,1-5H3/p+1/b20-18-,26-24-. The van der Waals surface area contributed by atoms with Gasteiger partial charge in [0.1, 0.15) is 13.2 Å². The molecule has 0 aliphatic heterocycles. The lowest BCUT2D eigenvalue weighted by Crippen LogP contribution is -2.40. The summed E-state index contributed by atoms with van der Waals surface area (Å²) in [4.78, 5) is 37.8. The Morgan fingerprint density at radius 2 is 0.557 bits per heavy atom. The average Bonchev–Trinajstić information content (AvgIpc) is 2.39. The van der Waals surface area contributed by atoms with E-state index in [0.717, 1.165) is 44.9 Å². The number of nitrogens with zero attached hydrogens (tertiary/aromatic N) is 1. The van der Waals surface area contributed by atoms with Crippen molar-refractivity contribution in [1.29, 1.82) is 0 Å². The van der Waals surface area contributed by atoms with Crippen molar-refractivity contribution in [2.75, 3.05) is 47.5 Å². The maximum Gasteiger partial charge on any atom is 0.361 e. The third-order valence-electron chi connectivity index (χ3n) is 20.2. The van der Waals surface area contributed by atoms with Gasteiger partial charge in [-0.05, 0) is 44.9 Å². The smallest absolute Gasteiger partial charge is 0.361 e. The number of ether oxygens (including phenoxy) is 4. The third kappa shape index (κ3) is 80.9. The molecule has 0 bridgehead atoms. The number of hydrogen-bond donors (Lipinski definition) is 1.